The first-order valence-corrected chi connectivity index (χ1v) is 8.71. The number of carbonyl (C=O) groups is 1. The van der Waals surface area contributed by atoms with Gasteiger partial charge in [-0.15, -0.1) is 10.2 Å². The number of amides is 1. The predicted octanol–water partition coefficient (Wildman–Crippen LogP) is 4.60. The van der Waals surface area contributed by atoms with Gasteiger partial charge in [-0.05, 0) is 60.0 Å². The zero-order valence-corrected chi connectivity index (χ0v) is 15.6. The molecule has 1 heterocycles. The average molecular weight is 362 g/mol. The Kier molecular flexibility index (Phi) is 5.66. The quantitative estimate of drug-likeness (QED) is 0.670. The van der Waals surface area contributed by atoms with Crippen LogP contribution >= 0.6 is 0 Å². The van der Waals surface area contributed by atoms with Gasteiger partial charge in [0.2, 0.25) is 0 Å². The summed E-state index contributed by atoms with van der Waals surface area (Å²) in [5.74, 6) is 1.93. The molecule has 1 aromatic heterocycles. The van der Waals surface area contributed by atoms with Gasteiger partial charge in [-0.25, -0.2) is 0 Å². The van der Waals surface area contributed by atoms with Crippen LogP contribution in [0.3, 0.4) is 0 Å². The fraction of sp³-hybridized carbons (Fsp3) is 0.190. The van der Waals surface area contributed by atoms with Crippen molar-refractivity contribution in [3.05, 3.63) is 71.8 Å². The molecule has 3 rings (SSSR count). The molecule has 0 saturated heterocycles. The second-order valence-electron chi connectivity index (χ2n) is 6.39. The van der Waals surface area contributed by atoms with Crippen LogP contribution in [-0.2, 0) is 0 Å². The Morgan fingerprint density at radius 1 is 0.889 bits per heavy atom. The first-order chi connectivity index (χ1) is 13.0. The van der Waals surface area contributed by atoms with Gasteiger partial charge in [-0.2, -0.15) is 0 Å². The molecule has 3 aromatic rings. The van der Waals surface area contributed by atoms with Crippen LogP contribution in [0, 0.1) is 0 Å². The van der Waals surface area contributed by atoms with Crippen molar-refractivity contribution in [3.8, 4) is 5.75 Å². The Morgan fingerprint density at radius 2 is 1.52 bits per heavy atom. The van der Waals surface area contributed by atoms with Gasteiger partial charge in [-0.3, -0.25) is 4.79 Å². The normalized spacial score (nSPS) is 10.5. The van der Waals surface area contributed by atoms with Gasteiger partial charge in [0.15, 0.2) is 11.6 Å². The molecule has 1 amide bonds. The van der Waals surface area contributed by atoms with E-state index in [1.807, 2.05) is 12.1 Å². The van der Waals surface area contributed by atoms with Crippen molar-refractivity contribution >= 4 is 23.2 Å². The maximum atomic E-state index is 12.2. The third-order valence-electron chi connectivity index (χ3n) is 4.11. The van der Waals surface area contributed by atoms with E-state index >= 15 is 0 Å². The van der Waals surface area contributed by atoms with Crippen molar-refractivity contribution in [2.24, 2.45) is 0 Å². The molecule has 0 fully saturated rings. The number of carbonyl (C=O) groups excluding carboxylic acids is 1. The number of methoxy groups -OCH3 is 1. The highest BCUT2D eigenvalue weighted by Crippen LogP contribution is 2.20. The molecule has 0 aliphatic heterocycles. The Balaban J connectivity index is 1.61. The predicted molar refractivity (Wildman–Crippen MR) is 107 cm³/mol. The molecule has 0 bridgehead atoms. The van der Waals surface area contributed by atoms with E-state index < -0.39 is 0 Å². The summed E-state index contributed by atoms with van der Waals surface area (Å²) in [4.78, 5) is 12.2. The van der Waals surface area contributed by atoms with Crippen LogP contribution < -0.4 is 15.4 Å². The number of benzene rings is 2. The molecule has 0 aliphatic carbocycles. The van der Waals surface area contributed by atoms with Crippen LogP contribution in [0.2, 0.25) is 0 Å². The first kappa shape index (κ1) is 18.4. The smallest absolute Gasteiger partial charge is 0.256 e. The summed E-state index contributed by atoms with van der Waals surface area (Å²) in [5, 5.41) is 14.1. The monoisotopic (exact) mass is 362 g/mol. The number of ether oxygens (including phenoxy) is 1. The molecule has 0 unspecified atom stereocenters. The first-order valence-electron chi connectivity index (χ1n) is 8.71. The van der Waals surface area contributed by atoms with Gasteiger partial charge in [-0.1, -0.05) is 26.0 Å². The van der Waals surface area contributed by atoms with E-state index in [2.05, 4.69) is 46.8 Å². The maximum Gasteiger partial charge on any atom is 0.256 e. The van der Waals surface area contributed by atoms with Gasteiger partial charge in [0.25, 0.3) is 5.91 Å². The van der Waals surface area contributed by atoms with E-state index in [0.29, 0.717) is 28.9 Å². The van der Waals surface area contributed by atoms with Crippen LogP contribution in [0.15, 0.2) is 60.7 Å². The van der Waals surface area contributed by atoms with Crippen molar-refractivity contribution in [2.45, 2.75) is 19.8 Å². The second-order valence-corrected chi connectivity index (χ2v) is 6.39. The lowest BCUT2D eigenvalue weighted by atomic mass is 10.0. The van der Waals surface area contributed by atoms with E-state index in [0.717, 1.165) is 5.69 Å². The molecular formula is C21H22N4O2. The molecule has 6 heteroatoms. The Hall–Kier alpha value is -3.41. The van der Waals surface area contributed by atoms with E-state index in [-0.39, 0.29) is 5.91 Å². The molecular weight excluding hydrogens is 340 g/mol. The number of anilines is 3. The van der Waals surface area contributed by atoms with Crippen LogP contribution in [-0.4, -0.2) is 23.2 Å². The van der Waals surface area contributed by atoms with Crippen molar-refractivity contribution in [1.82, 2.24) is 10.2 Å². The molecule has 0 aliphatic rings. The van der Waals surface area contributed by atoms with E-state index in [1.54, 1.807) is 43.5 Å². The van der Waals surface area contributed by atoms with Crippen LogP contribution in [0.4, 0.5) is 17.3 Å². The third-order valence-corrected chi connectivity index (χ3v) is 4.11. The molecule has 138 valence electrons. The Morgan fingerprint density at radius 3 is 2.07 bits per heavy atom. The Bertz CT molecular complexity index is 889. The fourth-order valence-electron chi connectivity index (χ4n) is 2.50. The summed E-state index contributed by atoms with van der Waals surface area (Å²) in [6.45, 7) is 4.32. The standard InChI is InChI=1S/C21H22N4O2/c1-14(2)15-4-8-17(9-5-15)22-19-12-13-20(25-24-19)23-21(26)16-6-10-18(27-3)11-7-16/h4-14H,1-3H3,(H,22,24)(H,23,25,26). The molecule has 0 spiro atoms. The number of aromatic nitrogens is 2. The van der Waals surface area contributed by atoms with Crippen LogP contribution in [0.1, 0.15) is 35.7 Å². The van der Waals surface area contributed by atoms with E-state index in [9.17, 15) is 4.79 Å². The van der Waals surface area contributed by atoms with Gasteiger partial charge in [0.05, 0.1) is 7.11 Å². The lowest BCUT2D eigenvalue weighted by Gasteiger charge is -2.09. The van der Waals surface area contributed by atoms with Crippen molar-refractivity contribution in [2.75, 3.05) is 17.7 Å². The summed E-state index contributed by atoms with van der Waals surface area (Å²) in [7, 11) is 1.58. The summed E-state index contributed by atoms with van der Waals surface area (Å²) >= 11 is 0. The van der Waals surface area contributed by atoms with Crippen LogP contribution in [0.25, 0.3) is 0 Å². The topological polar surface area (TPSA) is 76.1 Å². The number of rotatable bonds is 6. The highest BCUT2D eigenvalue weighted by Gasteiger charge is 2.08. The number of nitrogens with zero attached hydrogens (tertiary/aromatic N) is 2. The molecule has 0 saturated carbocycles. The minimum Gasteiger partial charge on any atom is -0.497 e. The number of nitrogens with one attached hydrogen (secondary N) is 2. The average Bonchev–Trinajstić information content (AvgIpc) is 2.70. The summed E-state index contributed by atoms with van der Waals surface area (Å²) < 4.78 is 5.09. The lowest BCUT2D eigenvalue weighted by Crippen LogP contribution is -2.13. The zero-order valence-electron chi connectivity index (χ0n) is 15.6. The summed E-state index contributed by atoms with van der Waals surface area (Å²) in [6.07, 6.45) is 0. The van der Waals surface area contributed by atoms with Gasteiger partial charge < -0.3 is 15.4 Å². The van der Waals surface area contributed by atoms with Gasteiger partial charge in [0.1, 0.15) is 5.75 Å². The van der Waals surface area contributed by atoms with Gasteiger partial charge >= 0.3 is 0 Å². The number of hydrogen-bond acceptors (Lipinski definition) is 5. The number of hydrogen-bond donors (Lipinski definition) is 2. The second kappa shape index (κ2) is 8.31. The minimum atomic E-state index is -0.253. The van der Waals surface area contributed by atoms with Gasteiger partial charge in [0, 0.05) is 11.3 Å². The molecule has 2 aromatic carbocycles. The molecule has 0 radical (unpaired) electrons. The molecule has 6 nitrogen and oxygen atoms in total. The minimum absolute atomic E-state index is 0.253. The van der Waals surface area contributed by atoms with Crippen molar-refractivity contribution in [1.29, 1.82) is 0 Å². The van der Waals surface area contributed by atoms with Crippen molar-refractivity contribution < 1.29 is 9.53 Å². The van der Waals surface area contributed by atoms with Crippen LogP contribution in [0.5, 0.6) is 5.75 Å². The largest absolute Gasteiger partial charge is 0.497 e. The maximum absolute atomic E-state index is 12.2. The Labute approximate surface area is 158 Å². The fourth-order valence-corrected chi connectivity index (χ4v) is 2.50. The van der Waals surface area contributed by atoms with E-state index in [1.165, 1.54) is 5.56 Å². The highest BCUT2D eigenvalue weighted by molar-refractivity contribution is 6.03. The molecule has 0 atom stereocenters. The summed E-state index contributed by atoms with van der Waals surface area (Å²) in [5.41, 5.74) is 2.73. The molecule has 2 N–H and O–H groups in total. The lowest BCUT2D eigenvalue weighted by molar-refractivity contribution is 0.102. The zero-order chi connectivity index (χ0) is 19.2. The third kappa shape index (κ3) is 4.82. The van der Waals surface area contributed by atoms with Crippen molar-refractivity contribution in [3.63, 3.8) is 0 Å². The molecule has 27 heavy (non-hydrogen) atoms. The highest BCUT2D eigenvalue weighted by atomic mass is 16.5. The SMILES string of the molecule is COc1ccc(C(=O)Nc2ccc(Nc3ccc(C(C)C)cc3)nn2)cc1. The summed E-state index contributed by atoms with van der Waals surface area (Å²) in [6, 6.07) is 18.5. The van der Waals surface area contributed by atoms with E-state index in [4.69, 9.17) is 4.74 Å².